The van der Waals surface area contributed by atoms with E-state index in [9.17, 15) is 9.59 Å². The lowest BCUT2D eigenvalue weighted by Gasteiger charge is -2.13. The van der Waals surface area contributed by atoms with Crippen LogP contribution in [0.2, 0.25) is 0 Å². The average Bonchev–Trinajstić information content (AvgIpc) is 2.86. The average molecular weight is 472 g/mol. The van der Waals surface area contributed by atoms with Gasteiger partial charge in [-0.1, -0.05) is 38.3 Å². The molecule has 0 atom stereocenters. The molecule has 144 valence electrons. The molecule has 0 bridgehead atoms. The van der Waals surface area contributed by atoms with Crippen LogP contribution in [0, 0.1) is 0 Å². The third-order valence-corrected chi connectivity index (χ3v) is 4.29. The number of fused-ring (bicyclic) bond motifs is 1. The second kappa shape index (κ2) is 11.9. The van der Waals surface area contributed by atoms with Crippen molar-refractivity contribution in [2.45, 2.75) is 45.4 Å². The van der Waals surface area contributed by atoms with Crippen LogP contribution in [0.5, 0.6) is 0 Å². The van der Waals surface area contributed by atoms with Gasteiger partial charge in [0.1, 0.15) is 0 Å². The third-order valence-electron chi connectivity index (χ3n) is 4.29. The maximum atomic E-state index is 12.2. The van der Waals surface area contributed by atoms with Gasteiger partial charge in [0.2, 0.25) is 0 Å². The Balaban J connectivity index is 0.00000338. The van der Waals surface area contributed by atoms with Gasteiger partial charge in [-0.2, -0.15) is 0 Å². The summed E-state index contributed by atoms with van der Waals surface area (Å²) in [5.41, 5.74) is 6.82. The van der Waals surface area contributed by atoms with E-state index in [4.69, 9.17) is 5.73 Å². The molecule has 2 rings (SSSR count). The number of halogens is 1. The van der Waals surface area contributed by atoms with E-state index in [-0.39, 0.29) is 35.8 Å². The monoisotopic (exact) mass is 472 g/mol. The summed E-state index contributed by atoms with van der Waals surface area (Å²) in [6, 6.07) is 6.97. The molecule has 2 amide bonds. The number of carbonyl (C=O) groups is 2. The molecular formula is C19H29IN4O2. The lowest BCUT2D eigenvalue weighted by molar-refractivity contribution is 0.0652. The molecule has 0 spiro atoms. The van der Waals surface area contributed by atoms with Crippen LogP contribution >= 0.6 is 24.0 Å². The van der Waals surface area contributed by atoms with Gasteiger partial charge < -0.3 is 11.1 Å². The molecule has 0 unspecified atom stereocenters. The Labute approximate surface area is 172 Å². The van der Waals surface area contributed by atoms with Gasteiger partial charge in [0.25, 0.3) is 11.8 Å². The van der Waals surface area contributed by atoms with Crippen molar-refractivity contribution in [1.29, 1.82) is 0 Å². The number of hydrogen-bond acceptors (Lipinski definition) is 3. The first-order valence-electron chi connectivity index (χ1n) is 9.14. The highest BCUT2D eigenvalue weighted by Crippen LogP contribution is 2.22. The Morgan fingerprint density at radius 2 is 1.69 bits per heavy atom. The lowest BCUT2D eigenvalue weighted by Crippen LogP contribution is -2.34. The van der Waals surface area contributed by atoms with Gasteiger partial charge in [-0.25, -0.2) is 0 Å². The minimum Gasteiger partial charge on any atom is -0.370 e. The van der Waals surface area contributed by atoms with Crippen LogP contribution in [0.3, 0.4) is 0 Å². The fourth-order valence-corrected chi connectivity index (χ4v) is 2.85. The summed E-state index contributed by atoms with van der Waals surface area (Å²) in [6.07, 6.45) is 6.26. The molecule has 0 saturated carbocycles. The van der Waals surface area contributed by atoms with Gasteiger partial charge in [-0.3, -0.25) is 19.5 Å². The SMILES string of the molecule is CCCCCCN=C(N)NCCCCN1C(=O)c2ccccc2C1=O.I. The van der Waals surface area contributed by atoms with Crippen molar-refractivity contribution in [1.82, 2.24) is 10.2 Å². The number of nitrogens with zero attached hydrogens (tertiary/aromatic N) is 2. The zero-order valence-corrected chi connectivity index (χ0v) is 17.7. The fourth-order valence-electron chi connectivity index (χ4n) is 2.85. The van der Waals surface area contributed by atoms with Gasteiger partial charge in [-0.05, 0) is 31.4 Å². The molecule has 0 radical (unpaired) electrons. The van der Waals surface area contributed by atoms with Crippen LogP contribution in [-0.2, 0) is 0 Å². The predicted octanol–water partition coefficient (Wildman–Crippen LogP) is 3.17. The number of nitrogens with two attached hydrogens (primary N) is 1. The van der Waals surface area contributed by atoms with Crippen molar-refractivity contribution >= 4 is 41.8 Å². The zero-order valence-electron chi connectivity index (χ0n) is 15.4. The summed E-state index contributed by atoms with van der Waals surface area (Å²) in [5, 5.41) is 3.08. The Hall–Kier alpha value is -1.64. The minimum absolute atomic E-state index is 0. The molecule has 1 aliphatic heterocycles. The van der Waals surface area contributed by atoms with E-state index in [2.05, 4.69) is 17.2 Å². The van der Waals surface area contributed by atoms with E-state index in [1.54, 1.807) is 24.3 Å². The zero-order chi connectivity index (χ0) is 18.1. The van der Waals surface area contributed by atoms with Gasteiger partial charge in [0, 0.05) is 19.6 Å². The predicted molar refractivity (Wildman–Crippen MR) is 115 cm³/mol. The molecule has 3 N–H and O–H groups in total. The quantitative estimate of drug-likeness (QED) is 0.180. The van der Waals surface area contributed by atoms with Crippen LogP contribution in [0.25, 0.3) is 0 Å². The summed E-state index contributed by atoms with van der Waals surface area (Å²) < 4.78 is 0. The van der Waals surface area contributed by atoms with Crippen molar-refractivity contribution in [2.24, 2.45) is 10.7 Å². The standard InChI is InChI=1S/C19H28N4O2.HI/c1-2-3-4-7-12-21-19(20)22-13-8-9-14-23-17(24)15-10-5-6-11-16(15)18(23)25;/h5-6,10-11H,2-4,7-9,12-14H2,1H3,(H3,20,21,22);1H. The highest BCUT2D eigenvalue weighted by atomic mass is 127. The summed E-state index contributed by atoms with van der Waals surface area (Å²) >= 11 is 0. The normalized spacial score (nSPS) is 13.6. The largest absolute Gasteiger partial charge is 0.370 e. The Kier molecular flexibility index (Phi) is 10.2. The number of guanidine groups is 1. The molecule has 0 saturated heterocycles. The molecule has 1 aliphatic rings. The maximum absolute atomic E-state index is 12.2. The molecule has 7 heteroatoms. The number of benzene rings is 1. The Morgan fingerprint density at radius 1 is 1.04 bits per heavy atom. The van der Waals surface area contributed by atoms with Crippen LogP contribution in [-0.4, -0.2) is 42.3 Å². The molecule has 0 aliphatic carbocycles. The summed E-state index contributed by atoms with van der Waals surface area (Å²) in [4.78, 5) is 30.1. The first kappa shape index (κ1) is 22.4. The van der Waals surface area contributed by atoms with Crippen LogP contribution in [0.15, 0.2) is 29.3 Å². The molecule has 0 fully saturated rings. The van der Waals surface area contributed by atoms with E-state index in [0.29, 0.717) is 30.2 Å². The van der Waals surface area contributed by atoms with Gasteiger partial charge >= 0.3 is 0 Å². The first-order valence-corrected chi connectivity index (χ1v) is 9.14. The number of hydrogen-bond donors (Lipinski definition) is 2. The highest BCUT2D eigenvalue weighted by Gasteiger charge is 2.34. The molecule has 1 heterocycles. The lowest BCUT2D eigenvalue weighted by atomic mass is 10.1. The number of unbranched alkanes of at least 4 members (excludes halogenated alkanes) is 4. The minimum atomic E-state index is -0.193. The van der Waals surface area contributed by atoms with Crippen molar-refractivity contribution in [3.8, 4) is 0 Å². The summed E-state index contributed by atoms with van der Waals surface area (Å²) in [6.45, 7) is 4.06. The molecule has 0 aromatic heterocycles. The van der Waals surface area contributed by atoms with E-state index in [1.165, 1.54) is 24.2 Å². The van der Waals surface area contributed by atoms with Crippen molar-refractivity contribution in [2.75, 3.05) is 19.6 Å². The number of rotatable bonds is 10. The number of nitrogens with one attached hydrogen (secondary N) is 1. The molecule has 26 heavy (non-hydrogen) atoms. The number of imide groups is 1. The number of amides is 2. The van der Waals surface area contributed by atoms with Crippen LogP contribution in [0.4, 0.5) is 0 Å². The number of aliphatic imine (C=N–C) groups is 1. The molecular weight excluding hydrogens is 443 g/mol. The second-order valence-electron chi connectivity index (χ2n) is 6.27. The van der Waals surface area contributed by atoms with Crippen molar-refractivity contribution in [3.05, 3.63) is 35.4 Å². The third kappa shape index (κ3) is 6.26. The first-order chi connectivity index (χ1) is 12.1. The van der Waals surface area contributed by atoms with E-state index >= 15 is 0 Å². The fraction of sp³-hybridized carbons (Fsp3) is 0.526. The van der Waals surface area contributed by atoms with Crippen molar-refractivity contribution < 1.29 is 9.59 Å². The topological polar surface area (TPSA) is 87.8 Å². The number of carbonyl (C=O) groups excluding carboxylic acids is 2. The summed E-state index contributed by atoms with van der Waals surface area (Å²) in [7, 11) is 0. The summed E-state index contributed by atoms with van der Waals surface area (Å²) in [5.74, 6) is 0.0839. The van der Waals surface area contributed by atoms with Gasteiger partial charge in [0.15, 0.2) is 5.96 Å². The van der Waals surface area contributed by atoms with E-state index in [0.717, 1.165) is 25.8 Å². The Morgan fingerprint density at radius 3 is 2.31 bits per heavy atom. The van der Waals surface area contributed by atoms with Crippen molar-refractivity contribution in [3.63, 3.8) is 0 Å². The molecule has 6 nitrogen and oxygen atoms in total. The molecule has 1 aromatic rings. The second-order valence-corrected chi connectivity index (χ2v) is 6.27. The van der Waals surface area contributed by atoms with Gasteiger partial charge in [0.05, 0.1) is 11.1 Å². The molecule has 1 aromatic carbocycles. The Bertz CT molecular complexity index is 599. The van der Waals surface area contributed by atoms with Crippen LogP contribution < -0.4 is 11.1 Å². The maximum Gasteiger partial charge on any atom is 0.261 e. The van der Waals surface area contributed by atoms with E-state index in [1.807, 2.05) is 0 Å². The highest BCUT2D eigenvalue weighted by molar-refractivity contribution is 14.0. The smallest absolute Gasteiger partial charge is 0.261 e. The van der Waals surface area contributed by atoms with E-state index < -0.39 is 0 Å². The van der Waals surface area contributed by atoms with Crippen LogP contribution in [0.1, 0.15) is 66.2 Å². The van der Waals surface area contributed by atoms with Gasteiger partial charge in [-0.15, -0.1) is 24.0 Å².